The molecule has 0 bridgehead atoms. The van der Waals surface area contributed by atoms with E-state index in [2.05, 4.69) is 45.5 Å². The van der Waals surface area contributed by atoms with E-state index in [-0.39, 0.29) is 48.1 Å². The summed E-state index contributed by atoms with van der Waals surface area (Å²) < 4.78 is 63.0. The van der Waals surface area contributed by atoms with Gasteiger partial charge in [-0.3, -0.25) is 14.3 Å². The first-order valence-electron chi connectivity index (χ1n) is 17.3. The third kappa shape index (κ3) is 9.37. The molecule has 2 saturated carbocycles. The summed E-state index contributed by atoms with van der Waals surface area (Å²) >= 11 is 0. The lowest BCUT2D eigenvalue weighted by Crippen LogP contribution is -2.50. The van der Waals surface area contributed by atoms with Crippen molar-refractivity contribution in [2.45, 2.75) is 110 Å². The maximum atomic E-state index is 15.7. The molecule has 0 radical (unpaired) electrons. The maximum Gasteiger partial charge on any atom is 0.414 e. The lowest BCUT2D eigenvalue weighted by molar-refractivity contribution is -0.206. The number of hydrogen-bond donors (Lipinski definition) is 3. The van der Waals surface area contributed by atoms with Crippen LogP contribution in [-0.4, -0.2) is 74.5 Å². The number of carbonyl (C=O) groups is 2. The van der Waals surface area contributed by atoms with E-state index in [4.69, 9.17) is 4.74 Å². The van der Waals surface area contributed by atoms with Crippen LogP contribution in [0.1, 0.15) is 60.9 Å². The Hall–Kier alpha value is -3.63. The number of ether oxygens (including phenoxy) is 1. The van der Waals surface area contributed by atoms with Crippen LogP contribution in [0.15, 0.2) is 24.4 Å². The highest BCUT2D eigenvalue weighted by molar-refractivity contribution is 6.76. The fourth-order valence-electron chi connectivity index (χ4n) is 6.42. The summed E-state index contributed by atoms with van der Waals surface area (Å²) in [6.45, 7) is 11.1. The Morgan fingerprint density at radius 1 is 1.10 bits per heavy atom. The molecule has 0 aliphatic heterocycles. The molecular formula is C34H47F4N7O4Si. The van der Waals surface area contributed by atoms with Crippen molar-refractivity contribution < 1.29 is 37.0 Å². The van der Waals surface area contributed by atoms with Crippen molar-refractivity contribution >= 4 is 25.7 Å². The second kappa shape index (κ2) is 15.3. The molecule has 3 aromatic rings. The normalized spacial score (nSPS) is 16.5. The van der Waals surface area contributed by atoms with Gasteiger partial charge in [0.05, 0.1) is 5.69 Å². The Kier molecular flexibility index (Phi) is 11.5. The van der Waals surface area contributed by atoms with E-state index < -0.39 is 50.6 Å². The van der Waals surface area contributed by atoms with Crippen molar-refractivity contribution in [1.29, 1.82) is 0 Å². The molecule has 0 saturated heterocycles. The van der Waals surface area contributed by atoms with E-state index in [0.29, 0.717) is 24.3 Å². The van der Waals surface area contributed by atoms with Gasteiger partial charge in [-0.2, -0.15) is 27.8 Å². The molecule has 2 amide bonds. The Bertz CT molecular complexity index is 1650. The number of nitrogens with zero attached hydrogens (tertiary/aromatic N) is 5. The number of aliphatic hydroxyl groups is 1. The molecule has 2 aliphatic rings. The summed E-state index contributed by atoms with van der Waals surface area (Å²) in [5.41, 5.74) is 2.25. The number of aromatic nitrogens is 5. The number of aryl methyl sites for hydroxylation is 2. The van der Waals surface area contributed by atoms with E-state index in [1.54, 1.807) is 17.7 Å². The molecule has 16 heteroatoms. The molecule has 3 heterocycles. The zero-order chi connectivity index (χ0) is 36.4. The van der Waals surface area contributed by atoms with E-state index >= 15 is 4.39 Å². The third-order valence-electron chi connectivity index (χ3n) is 9.37. The number of alkyl halides is 3. The summed E-state index contributed by atoms with van der Waals surface area (Å²) in [5.74, 6) is -1.77. The summed E-state index contributed by atoms with van der Waals surface area (Å²) in [6.07, 6.45) is -2.57. The number of carbonyl (C=O) groups excluding carboxylic acids is 2. The third-order valence-corrected chi connectivity index (χ3v) is 11.1. The second-order valence-electron chi connectivity index (χ2n) is 14.6. The molecule has 50 heavy (non-hydrogen) atoms. The minimum atomic E-state index is -4.80. The van der Waals surface area contributed by atoms with Gasteiger partial charge >= 0.3 is 6.18 Å². The van der Waals surface area contributed by atoms with Gasteiger partial charge in [-0.15, -0.1) is 0 Å². The monoisotopic (exact) mass is 721 g/mol. The fourth-order valence-corrected chi connectivity index (χ4v) is 7.18. The van der Waals surface area contributed by atoms with Crippen LogP contribution in [0.5, 0.6) is 0 Å². The number of rotatable bonds is 17. The van der Waals surface area contributed by atoms with Gasteiger partial charge in [0.2, 0.25) is 11.9 Å². The second-order valence-corrected chi connectivity index (χ2v) is 20.2. The molecule has 11 nitrogen and oxygen atoms in total. The first-order chi connectivity index (χ1) is 23.6. The molecular weight excluding hydrogens is 674 g/mol. The largest absolute Gasteiger partial charge is 0.414 e. The molecule has 2 fully saturated rings. The molecule has 2 atom stereocenters. The highest BCUT2D eigenvalue weighted by atomic mass is 28.3. The van der Waals surface area contributed by atoms with Gasteiger partial charge in [0, 0.05) is 50.7 Å². The van der Waals surface area contributed by atoms with Gasteiger partial charge in [0.1, 0.15) is 24.3 Å². The van der Waals surface area contributed by atoms with Crippen LogP contribution >= 0.6 is 0 Å². The molecule has 274 valence electrons. The average molecular weight is 722 g/mol. The SMILES string of the molecule is CCc1c(-c2ccc(NC(=O)[C@@H](NC(=O)c3ccnn3CCC(O)C(F)(F)F)C(C3CC3)C3CC3)nc2F)c(C)nn1COCC[Si](C)(C)C. The van der Waals surface area contributed by atoms with E-state index in [1.165, 1.54) is 18.3 Å². The van der Waals surface area contributed by atoms with E-state index in [1.807, 2.05) is 6.92 Å². The minimum Gasteiger partial charge on any atom is -0.384 e. The van der Waals surface area contributed by atoms with Gasteiger partial charge in [0.15, 0.2) is 6.10 Å². The maximum absolute atomic E-state index is 15.7. The zero-order valence-electron chi connectivity index (χ0n) is 29.2. The predicted octanol–water partition coefficient (Wildman–Crippen LogP) is 5.95. The molecule has 1 unspecified atom stereocenters. The van der Waals surface area contributed by atoms with Crippen LogP contribution in [0.25, 0.3) is 11.1 Å². The zero-order valence-corrected chi connectivity index (χ0v) is 30.2. The Morgan fingerprint density at radius 2 is 1.78 bits per heavy atom. The van der Waals surface area contributed by atoms with Crippen molar-refractivity contribution in [1.82, 2.24) is 29.9 Å². The van der Waals surface area contributed by atoms with Crippen LogP contribution < -0.4 is 10.6 Å². The first-order valence-corrected chi connectivity index (χ1v) is 21.0. The first kappa shape index (κ1) is 37.6. The van der Waals surface area contributed by atoms with Gasteiger partial charge < -0.3 is 20.5 Å². The van der Waals surface area contributed by atoms with E-state index in [0.717, 1.165) is 42.1 Å². The van der Waals surface area contributed by atoms with E-state index in [9.17, 15) is 27.9 Å². The molecule has 3 N–H and O–H groups in total. The molecule has 2 aliphatic carbocycles. The van der Waals surface area contributed by atoms with Crippen molar-refractivity contribution in [2.24, 2.45) is 17.8 Å². The molecule has 5 rings (SSSR count). The molecule has 3 aromatic heterocycles. The van der Waals surface area contributed by atoms with Crippen LogP contribution in [0.3, 0.4) is 0 Å². The Morgan fingerprint density at radius 3 is 2.36 bits per heavy atom. The lowest BCUT2D eigenvalue weighted by atomic mass is 9.88. The van der Waals surface area contributed by atoms with Crippen molar-refractivity contribution in [3.05, 3.63) is 47.4 Å². The smallest absolute Gasteiger partial charge is 0.384 e. The van der Waals surface area contributed by atoms with Crippen molar-refractivity contribution in [2.75, 3.05) is 11.9 Å². The molecule has 0 spiro atoms. The Balaban J connectivity index is 1.32. The number of amides is 2. The van der Waals surface area contributed by atoms with Gasteiger partial charge in [-0.05, 0) is 81.0 Å². The highest BCUT2D eigenvalue weighted by Crippen LogP contribution is 2.51. The van der Waals surface area contributed by atoms with Crippen LogP contribution in [-0.2, 0) is 29.2 Å². The summed E-state index contributed by atoms with van der Waals surface area (Å²) in [6, 6.07) is 4.43. The molecule has 0 aromatic carbocycles. The van der Waals surface area contributed by atoms with Crippen LogP contribution in [0.2, 0.25) is 25.7 Å². The lowest BCUT2D eigenvalue weighted by Gasteiger charge is -2.27. The highest BCUT2D eigenvalue weighted by Gasteiger charge is 2.48. The van der Waals surface area contributed by atoms with Crippen molar-refractivity contribution in [3.8, 4) is 11.1 Å². The predicted molar refractivity (Wildman–Crippen MR) is 181 cm³/mol. The average Bonchev–Trinajstić information content (AvgIpc) is 3.97. The van der Waals surface area contributed by atoms with Gasteiger partial charge in [0.25, 0.3) is 5.91 Å². The summed E-state index contributed by atoms with van der Waals surface area (Å²) in [7, 11) is -1.26. The minimum absolute atomic E-state index is 0.0233. The summed E-state index contributed by atoms with van der Waals surface area (Å²) in [5, 5.41) is 23.5. The number of pyridine rings is 1. The van der Waals surface area contributed by atoms with Crippen molar-refractivity contribution in [3.63, 3.8) is 0 Å². The quantitative estimate of drug-likeness (QED) is 0.0679. The van der Waals surface area contributed by atoms with Gasteiger partial charge in [-0.25, -0.2) is 9.67 Å². The standard InChI is InChI=1S/C34H47F4N7O4Si/c1-6-24-28(20(2)43-45(24)19-49-17-18-50(3,4)5)23-11-12-27(40-31(23)35)41-33(48)30(29(21-7-8-21)22-9-10-22)42-32(47)25-13-15-39-44(25)16-14-26(46)34(36,37)38/h11-13,15,21-22,26,29-30,46H,6-10,14,16-19H2,1-5H3,(H,42,47)(H,40,41,48)/t26?,30-/m0/s1. The topological polar surface area (TPSA) is 136 Å². The number of halogens is 4. The Labute approximate surface area is 290 Å². The number of nitrogens with one attached hydrogen (secondary N) is 2. The van der Waals surface area contributed by atoms with Crippen LogP contribution in [0, 0.1) is 30.6 Å². The fraction of sp³-hybridized carbons (Fsp3) is 0.618. The summed E-state index contributed by atoms with van der Waals surface area (Å²) in [4.78, 5) is 31.4. The number of aliphatic hydroxyl groups excluding tert-OH is 1. The number of anilines is 1. The van der Waals surface area contributed by atoms with Crippen LogP contribution in [0.4, 0.5) is 23.4 Å². The number of hydrogen-bond acceptors (Lipinski definition) is 7. The van der Waals surface area contributed by atoms with Gasteiger partial charge in [-0.1, -0.05) is 26.6 Å².